The van der Waals surface area contributed by atoms with E-state index in [0.29, 0.717) is 21.9 Å². The number of pyridine rings is 1. The van der Waals surface area contributed by atoms with Gasteiger partial charge in [-0.2, -0.15) is 0 Å². The summed E-state index contributed by atoms with van der Waals surface area (Å²) in [7, 11) is 0. The SMILES string of the molecule is CC(C)(O)C1CN(c2ccc(-c3nc4[nH]c(=O)[nH]c4cc3Cl)cc2)C1.OCC1CCCCO1. The molecule has 9 heteroatoms. The molecule has 0 bridgehead atoms. The molecule has 2 aliphatic heterocycles. The third-order valence-corrected chi connectivity index (χ3v) is 6.61. The molecule has 3 aromatic rings. The number of nitrogens with one attached hydrogen (secondary N) is 2. The van der Waals surface area contributed by atoms with Crippen LogP contribution < -0.4 is 10.6 Å². The van der Waals surface area contributed by atoms with Crippen LogP contribution in [0.2, 0.25) is 5.02 Å². The Morgan fingerprint density at radius 3 is 2.52 bits per heavy atom. The van der Waals surface area contributed by atoms with Crippen molar-refractivity contribution in [2.24, 2.45) is 5.92 Å². The largest absolute Gasteiger partial charge is 0.394 e. The minimum atomic E-state index is -0.642. The van der Waals surface area contributed by atoms with Crippen molar-refractivity contribution in [1.82, 2.24) is 15.0 Å². The lowest BCUT2D eigenvalue weighted by atomic mass is 9.84. The number of aromatic amines is 2. The van der Waals surface area contributed by atoms with E-state index in [1.54, 1.807) is 6.07 Å². The molecule has 0 aliphatic carbocycles. The average molecular weight is 475 g/mol. The molecule has 4 heterocycles. The summed E-state index contributed by atoms with van der Waals surface area (Å²) < 4.78 is 5.18. The molecular weight excluding hydrogens is 444 g/mol. The minimum Gasteiger partial charge on any atom is -0.394 e. The van der Waals surface area contributed by atoms with Crippen LogP contribution in [0.15, 0.2) is 35.1 Å². The van der Waals surface area contributed by atoms with Gasteiger partial charge in [0.1, 0.15) is 0 Å². The number of halogens is 1. The second-order valence-electron chi connectivity index (χ2n) is 9.27. The fourth-order valence-corrected chi connectivity index (χ4v) is 4.32. The molecule has 5 rings (SSSR count). The number of rotatable bonds is 4. The first-order valence-corrected chi connectivity index (χ1v) is 11.7. The molecular formula is C24H31ClN4O4. The van der Waals surface area contributed by atoms with Crippen molar-refractivity contribution >= 4 is 28.5 Å². The van der Waals surface area contributed by atoms with E-state index in [1.807, 2.05) is 38.1 Å². The van der Waals surface area contributed by atoms with Crippen molar-refractivity contribution in [1.29, 1.82) is 0 Å². The smallest absolute Gasteiger partial charge is 0.325 e. The first kappa shape index (κ1) is 23.8. The van der Waals surface area contributed by atoms with Crippen LogP contribution in [-0.4, -0.2) is 63.2 Å². The second-order valence-corrected chi connectivity index (χ2v) is 9.67. The molecule has 1 unspecified atom stereocenters. The lowest BCUT2D eigenvalue weighted by molar-refractivity contribution is -0.0172. The number of imidazole rings is 1. The Morgan fingerprint density at radius 2 is 1.94 bits per heavy atom. The molecule has 178 valence electrons. The van der Waals surface area contributed by atoms with Gasteiger partial charge in [0.2, 0.25) is 0 Å². The normalized spacial score (nSPS) is 19.2. The zero-order valence-corrected chi connectivity index (χ0v) is 19.7. The van der Waals surface area contributed by atoms with E-state index in [4.69, 9.17) is 21.4 Å². The molecule has 2 fully saturated rings. The number of ether oxygens (including phenoxy) is 1. The van der Waals surface area contributed by atoms with Crippen LogP contribution in [0, 0.1) is 5.92 Å². The van der Waals surface area contributed by atoms with Gasteiger partial charge >= 0.3 is 5.69 Å². The predicted octanol–water partition coefficient (Wildman–Crippen LogP) is 3.33. The van der Waals surface area contributed by atoms with Crippen molar-refractivity contribution in [2.45, 2.75) is 44.8 Å². The third kappa shape index (κ3) is 5.58. The molecule has 33 heavy (non-hydrogen) atoms. The topological polar surface area (TPSA) is 114 Å². The van der Waals surface area contributed by atoms with E-state index in [1.165, 1.54) is 6.42 Å². The Bertz CT molecular complexity index is 1120. The van der Waals surface area contributed by atoms with Gasteiger partial charge in [0.05, 0.1) is 34.5 Å². The summed E-state index contributed by atoms with van der Waals surface area (Å²) in [6.07, 6.45) is 3.56. The zero-order chi connectivity index (χ0) is 23.6. The first-order chi connectivity index (χ1) is 15.7. The average Bonchev–Trinajstić information content (AvgIpc) is 3.11. The van der Waals surface area contributed by atoms with Gasteiger partial charge in [0.25, 0.3) is 0 Å². The Kier molecular flexibility index (Phi) is 7.09. The standard InChI is InChI=1S/C18H19ClN4O2.C6H12O2/c1-18(2,25)11-8-23(9-11)12-5-3-10(4-6-12)15-13(19)7-14-16(21-15)22-17(24)20-14;7-5-6-3-1-2-4-8-6/h3-7,11,25H,8-9H2,1-2H3,(H2,20,21,22,24);6-7H,1-5H2. The van der Waals surface area contributed by atoms with Gasteiger partial charge in [0, 0.05) is 36.9 Å². The molecule has 4 N–H and O–H groups in total. The van der Waals surface area contributed by atoms with Crippen molar-refractivity contribution in [3.05, 3.63) is 45.8 Å². The molecule has 8 nitrogen and oxygen atoms in total. The van der Waals surface area contributed by atoms with Gasteiger partial charge < -0.3 is 24.8 Å². The quantitative estimate of drug-likeness (QED) is 0.461. The highest BCUT2D eigenvalue weighted by atomic mass is 35.5. The maximum absolute atomic E-state index is 11.4. The van der Waals surface area contributed by atoms with E-state index < -0.39 is 5.60 Å². The fourth-order valence-electron chi connectivity index (χ4n) is 4.06. The van der Waals surface area contributed by atoms with Crippen LogP contribution >= 0.6 is 11.6 Å². The highest BCUT2D eigenvalue weighted by Crippen LogP contribution is 2.33. The van der Waals surface area contributed by atoms with Gasteiger partial charge in [-0.05, 0) is 51.3 Å². The summed E-state index contributed by atoms with van der Waals surface area (Å²) in [5.74, 6) is 0.288. The van der Waals surface area contributed by atoms with E-state index >= 15 is 0 Å². The zero-order valence-electron chi connectivity index (χ0n) is 19.0. The molecule has 2 aliphatic rings. The summed E-state index contributed by atoms with van der Waals surface area (Å²) in [6, 6.07) is 9.69. The molecule has 0 spiro atoms. The van der Waals surface area contributed by atoms with E-state index in [9.17, 15) is 9.90 Å². The summed E-state index contributed by atoms with van der Waals surface area (Å²) >= 11 is 6.32. The predicted molar refractivity (Wildman–Crippen MR) is 130 cm³/mol. The highest BCUT2D eigenvalue weighted by molar-refractivity contribution is 6.33. The number of fused-ring (bicyclic) bond motifs is 1. The number of aromatic nitrogens is 3. The molecule has 1 aromatic carbocycles. The van der Waals surface area contributed by atoms with Crippen LogP contribution in [-0.2, 0) is 4.74 Å². The molecule has 2 saturated heterocycles. The molecule has 2 aromatic heterocycles. The van der Waals surface area contributed by atoms with Crippen molar-refractivity contribution in [3.63, 3.8) is 0 Å². The monoisotopic (exact) mass is 474 g/mol. The number of anilines is 1. The van der Waals surface area contributed by atoms with Crippen LogP contribution in [0.25, 0.3) is 22.4 Å². The van der Waals surface area contributed by atoms with E-state index in [-0.39, 0.29) is 24.3 Å². The Balaban J connectivity index is 0.000000275. The van der Waals surface area contributed by atoms with Gasteiger partial charge in [-0.3, -0.25) is 4.98 Å². The molecule has 0 amide bonds. The molecule has 1 atom stereocenters. The maximum Gasteiger partial charge on any atom is 0.325 e. The van der Waals surface area contributed by atoms with Crippen molar-refractivity contribution < 1.29 is 14.9 Å². The third-order valence-electron chi connectivity index (χ3n) is 6.32. The second kappa shape index (κ2) is 9.85. The van der Waals surface area contributed by atoms with Crippen molar-refractivity contribution in [2.75, 3.05) is 31.2 Å². The Hall–Kier alpha value is -2.39. The summed E-state index contributed by atoms with van der Waals surface area (Å²) in [5.41, 5.74) is 2.77. The van der Waals surface area contributed by atoms with Gasteiger partial charge in [-0.1, -0.05) is 23.7 Å². The van der Waals surface area contributed by atoms with Gasteiger partial charge in [-0.25, -0.2) is 9.78 Å². The Morgan fingerprint density at radius 1 is 1.21 bits per heavy atom. The van der Waals surface area contributed by atoms with E-state index in [0.717, 1.165) is 43.8 Å². The lowest BCUT2D eigenvalue weighted by Crippen LogP contribution is -2.55. The number of nitrogens with zero attached hydrogens (tertiary/aromatic N) is 2. The molecule has 0 radical (unpaired) electrons. The van der Waals surface area contributed by atoms with Crippen LogP contribution in [0.3, 0.4) is 0 Å². The van der Waals surface area contributed by atoms with E-state index in [2.05, 4.69) is 19.9 Å². The number of benzene rings is 1. The molecule has 0 saturated carbocycles. The summed E-state index contributed by atoms with van der Waals surface area (Å²) in [4.78, 5) is 23.4. The number of H-pyrrole nitrogens is 2. The van der Waals surface area contributed by atoms with Gasteiger partial charge in [0.15, 0.2) is 5.65 Å². The van der Waals surface area contributed by atoms with Crippen LogP contribution in [0.5, 0.6) is 0 Å². The van der Waals surface area contributed by atoms with Crippen LogP contribution in [0.4, 0.5) is 5.69 Å². The van der Waals surface area contributed by atoms with Crippen LogP contribution in [0.1, 0.15) is 33.1 Å². The summed E-state index contributed by atoms with van der Waals surface area (Å²) in [6.45, 7) is 6.43. The first-order valence-electron chi connectivity index (χ1n) is 11.3. The van der Waals surface area contributed by atoms with Gasteiger partial charge in [-0.15, -0.1) is 0 Å². The van der Waals surface area contributed by atoms with Crippen molar-refractivity contribution in [3.8, 4) is 11.3 Å². The maximum atomic E-state index is 11.4. The minimum absolute atomic E-state index is 0.142. The number of aliphatic hydroxyl groups is 2. The Labute approximate surface area is 197 Å². The summed E-state index contributed by atoms with van der Waals surface area (Å²) in [5, 5.41) is 19.1. The lowest BCUT2D eigenvalue weighted by Gasteiger charge is -2.46. The number of hydrogen-bond donors (Lipinski definition) is 4. The fraction of sp³-hybridized carbons (Fsp3) is 0.500. The highest BCUT2D eigenvalue weighted by Gasteiger charge is 2.37. The number of hydrogen-bond acceptors (Lipinski definition) is 6. The number of aliphatic hydroxyl groups excluding tert-OH is 1.